The first-order valence-electron chi connectivity index (χ1n) is 5.21. The molecule has 1 heterocycles. The molecule has 0 aliphatic carbocycles. The molecule has 1 rings (SSSR count). The highest BCUT2D eigenvalue weighted by molar-refractivity contribution is 5.73. The van der Waals surface area contributed by atoms with E-state index in [0.29, 0.717) is 0 Å². The molecule has 18 heavy (non-hydrogen) atoms. The van der Waals surface area contributed by atoms with Gasteiger partial charge in [-0.1, -0.05) is 0 Å². The average Bonchev–Trinajstić information content (AvgIpc) is 2.34. The first-order chi connectivity index (χ1) is 8.38. The van der Waals surface area contributed by atoms with Gasteiger partial charge >= 0.3 is 5.97 Å². The van der Waals surface area contributed by atoms with Crippen molar-refractivity contribution in [3.63, 3.8) is 0 Å². The highest BCUT2D eigenvalue weighted by Gasteiger charge is 2.47. The fourth-order valence-corrected chi connectivity index (χ4v) is 1.45. The molecule has 6 N–H and O–H groups in total. The summed E-state index contributed by atoms with van der Waals surface area (Å²) in [6.45, 7) is -1.01. The van der Waals surface area contributed by atoms with Crippen LogP contribution in [0.2, 0.25) is 0 Å². The Morgan fingerprint density at radius 1 is 1.22 bits per heavy atom. The predicted molar refractivity (Wildman–Crippen MR) is 53.4 cm³/mol. The Labute approximate surface area is 102 Å². The number of aliphatic hydroxyl groups is 5. The summed E-state index contributed by atoms with van der Waals surface area (Å²) in [4.78, 5) is 10.7. The Morgan fingerprint density at radius 2 is 1.83 bits per heavy atom. The first-order valence-corrected chi connectivity index (χ1v) is 5.21. The van der Waals surface area contributed by atoms with Crippen LogP contribution in [0.4, 0.5) is 0 Å². The van der Waals surface area contributed by atoms with Crippen molar-refractivity contribution in [2.45, 2.75) is 36.8 Å². The van der Waals surface area contributed by atoms with E-state index in [4.69, 9.17) is 24.8 Å². The summed E-state index contributed by atoms with van der Waals surface area (Å²) in [5.74, 6) is -1.52. The summed E-state index contributed by atoms with van der Waals surface area (Å²) in [5, 5.41) is 54.6. The van der Waals surface area contributed by atoms with Gasteiger partial charge in [0.25, 0.3) is 0 Å². The van der Waals surface area contributed by atoms with Gasteiger partial charge in [-0.05, 0) is 0 Å². The summed E-state index contributed by atoms with van der Waals surface area (Å²) in [7, 11) is 0. The topological polar surface area (TPSA) is 157 Å². The smallest absolute Gasteiger partial charge is 0.335 e. The number of carbonyl (C=O) groups is 1. The maximum Gasteiger partial charge on any atom is 0.335 e. The zero-order chi connectivity index (χ0) is 13.9. The molecule has 9 nitrogen and oxygen atoms in total. The van der Waals surface area contributed by atoms with Crippen LogP contribution in [-0.2, 0) is 14.3 Å². The van der Waals surface area contributed by atoms with E-state index in [2.05, 4.69) is 0 Å². The Kier molecular flexibility index (Phi) is 5.41. The van der Waals surface area contributed by atoms with Crippen molar-refractivity contribution >= 4 is 5.97 Å². The molecule has 106 valence electrons. The van der Waals surface area contributed by atoms with Gasteiger partial charge in [-0.25, -0.2) is 4.79 Å². The molecule has 0 amide bonds. The number of hydrogen-bond acceptors (Lipinski definition) is 8. The van der Waals surface area contributed by atoms with E-state index in [9.17, 15) is 20.1 Å². The standard InChI is InChI=1S/C9H16O9/c10-1-3(11)2-17-9-6(14)4(12)5(13)7(18-9)8(15)16/h3-7,9-14H,1-2H2,(H,15,16)/t3?,4-,5-,6+,7-,9-/m0/s1. The third-order valence-electron chi connectivity index (χ3n) is 2.48. The van der Waals surface area contributed by atoms with Gasteiger partial charge < -0.3 is 40.1 Å². The lowest BCUT2D eigenvalue weighted by molar-refractivity contribution is -0.297. The predicted octanol–water partition coefficient (Wildman–Crippen LogP) is -3.75. The van der Waals surface area contributed by atoms with Crippen molar-refractivity contribution in [2.75, 3.05) is 13.2 Å². The quantitative estimate of drug-likeness (QED) is 0.294. The maximum atomic E-state index is 10.7. The maximum absolute atomic E-state index is 10.7. The third kappa shape index (κ3) is 3.36. The highest BCUT2D eigenvalue weighted by atomic mass is 16.7. The highest BCUT2D eigenvalue weighted by Crippen LogP contribution is 2.22. The van der Waals surface area contributed by atoms with E-state index < -0.39 is 56.0 Å². The van der Waals surface area contributed by atoms with Crippen LogP contribution in [0, 0.1) is 0 Å². The fraction of sp³-hybridized carbons (Fsp3) is 0.889. The van der Waals surface area contributed by atoms with Crippen molar-refractivity contribution in [3.05, 3.63) is 0 Å². The largest absolute Gasteiger partial charge is 0.479 e. The van der Waals surface area contributed by atoms with Crippen LogP contribution < -0.4 is 0 Å². The molecule has 0 aromatic rings. The molecular formula is C9H16O9. The van der Waals surface area contributed by atoms with Crippen molar-refractivity contribution < 1.29 is 44.9 Å². The lowest BCUT2D eigenvalue weighted by Crippen LogP contribution is -2.60. The van der Waals surface area contributed by atoms with Crippen molar-refractivity contribution in [1.82, 2.24) is 0 Å². The summed E-state index contributed by atoms with van der Waals surface area (Å²) in [5.41, 5.74) is 0. The Bertz CT molecular complexity index is 283. The van der Waals surface area contributed by atoms with Gasteiger partial charge in [0.15, 0.2) is 12.4 Å². The van der Waals surface area contributed by atoms with Crippen LogP contribution in [0.5, 0.6) is 0 Å². The zero-order valence-electron chi connectivity index (χ0n) is 9.29. The molecule has 9 heteroatoms. The summed E-state index contributed by atoms with van der Waals surface area (Å²) in [6.07, 6.45) is -9.71. The van der Waals surface area contributed by atoms with Gasteiger partial charge in [-0.15, -0.1) is 0 Å². The lowest BCUT2D eigenvalue weighted by Gasteiger charge is -2.38. The van der Waals surface area contributed by atoms with Gasteiger partial charge in [0.1, 0.15) is 24.4 Å². The number of hydrogen-bond donors (Lipinski definition) is 6. The fourth-order valence-electron chi connectivity index (χ4n) is 1.45. The van der Waals surface area contributed by atoms with Crippen LogP contribution in [0.1, 0.15) is 0 Å². The Balaban J connectivity index is 2.64. The lowest BCUT2D eigenvalue weighted by atomic mass is 9.99. The minimum Gasteiger partial charge on any atom is -0.479 e. The van der Waals surface area contributed by atoms with Gasteiger partial charge in [0, 0.05) is 0 Å². The second kappa shape index (κ2) is 6.38. The normalized spacial score (nSPS) is 38.4. The molecular weight excluding hydrogens is 252 g/mol. The van der Waals surface area contributed by atoms with Crippen LogP contribution in [0.3, 0.4) is 0 Å². The molecule has 1 fully saturated rings. The molecule has 6 atom stereocenters. The van der Waals surface area contributed by atoms with Crippen molar-refractivity contribution in [1.29, 1.82) is 0 Å². The summed E-state index contributed by atoms with van der Waals surface area (Å²) >= 11 is 0. The molecule has 1 aliphatic rings. The molecule has 0 radical (unpaired) electrons. The second-order valence-electron chi connectivity index (χ2n) is 3.90. The number of rotatable bonds is 5. The average molecular weight is 268 g/mol. The third-order valence-corrected chi connectivity index (χ3v) is 2.48. The van der Waals surface area contributed by atoms with Crippen LogP contribution in [0.25, 0.3) is 0 Å². The van der Waals surface area contributed by atoms with Crippen LogP contribution >= 0.6 is 0 Å². The zero-order valence-corrected chi connectivity index (χ0v) is 9.29. The monoisotopic (exact) mass is 268 g/mol. The summed E-state index contributed by atoms with van der Waals surface area (Å²) < 4.78 is 9.59. The van der Waals surface area contributed by atoms with Gasteiger partial charge in [0.05, 0.1) is 13.2 Å². The molecule has 0 bridgehead atoms. The number of carboxylic acid groups (broad SMARTS) is 1. The van der Waals surface area contributed by atoms with E-state index in [0.717, 1.165) is 0 Å². The van der Waals surface area contributed by atoms with E-state index in [-0.39, 0.29) is 0 Å². The number of ether oxygens (including phenoxy) is 2. The molecule has 1 unspecified atom stereocenters. The minimum absolute atomic E-state index is 0.423. The van der Waals surface area contributed by atoms with Gasteiger partial charge in [-0.3, -0.25) is 0 Å². The second-order valence-corrected chi connectivity index (χ2v) is 3.90. The molecule has 0 spiro atoms. The van der Waals surface area contributed by atoms with Crippen molar-refractivity contribution in [2.24, 2.45) is 0 Å². The first kappa shape index (κ1) is 15.2. The van der Waals surface area contributed by atoms with Gasteiger partial charge in [-0.2, -0.15) is 0 Å². The number of carboxylic acids is 1. The number of aliphatic hydroxyl groups excluding tert-OH is 5. The van der Waals surface area contributed by atoms with Gasteiger partial charge in [0.2, 0.25) is 0 Å². The summed E-state index contributed by atoms with van der Waals surface area (Å²) in [6, 6.07) is 0. The molecule has 0 saturated carbocycles. The van der Waals surface area contributed by atoms with Crippen LogP contribution in [0.15, 0.2) is 0 Å². The van der Waals surface area contributed by atoms with E-state index in [1.807, 2.05) is 0 Å². The molecule has 0 aromatic heterocycles. The Morgan fingerprint density at radius 3 is 2.33 bits per heavy atom. The SMILES string of the molecule is O=C(O)[C@H]1O[C@H](OCC(O)CO)[C@H](O)[C@@H](O)[C@@H]1O. The minimum atomic E-state index is -1.79. The molecule has 1 aliphatic heterocycles. The molecule has 1 saturated heterocycles. The van der Waals surface area contributed by atoms with Crippen molar-refractivity contribution in [3.8, 4) is 0 Å². The van der Waals surface area contributed by atoms with E-state index >= 15 is 0 Å². The molecule has 0 aromatic carbocycles. The van der Waals surface area contributed by atoms with E-state index in [1.165, 1.54) is 0 Å². The number of aliphatic carboxylic acids is 1. The van der Waals surface area contributed by atoms with Crippen LogP contribution in [-0.4, -0.2) is 86.6 Å². The Hall–Kier alpha value is -0.810. The van der Waals surface area contributed by atoms with E-state index in [1.54, 1.807) is 0 Å².